The van der Waals surface area contributed by atoms with E-state index in [1.165, 1.54) is 6.92 Å². The molecule has 0 aromatic heterocycles. The van der Waals surface area contributed by atoms with Crippen LogP contribution in [0.5, 0.6) is 0 Å². The molecule has 0 radical (unpaired) electrons. The predicted molar refractivity (Wildman–Crippen MR) is 114 cm³/mol. The fourth-order valence-corrected chi connectivity index (χ4v) is 4.97. The molecule has 30 heavy (non-hydrogen) atoms. The van der Waals surface area contributed by atoms with Gasteiger partial charge in [-0.3, -0.25) is 4.79 Å². The Kier molecular flexibility index (Phi) is 6.76. The number of hydrogen-bond donors (Lipinski definition) is 2. The largest absolute Gasteiger partial charge is 0.479 e. The number of hydrogen-bond acceptors (Lipinski definition) is 4. The Labute approximate surface area is 181 Å². The van der Waals surface area contributed by atoms with Gasteiger partial charge >= 0.3 is 5.97 Å². The van der Waals surface area contributed by atoms with Gasteiger partial charge in [0.1, 0.15) is 18.1 Å². The zero-order chi connectivity index (χ0) is 21.8. The Bertz CT molecular complexity index is 805. The van der Waals surface area contributed by atoms with Crippen LogP contribution in [0, 0.1) is 11.8 Å². The summed E-state index contributed by atoms with van der Waals surface area (Å²) in [6, 6.07) is 7.39. The molecule has 1 aliphatic carbocycles. The van der Waals surface area contributed by atoms with E-state index >= 15 is 0 Å². The normalized spacial score (nSPS) is 24.2. The highest BCUT2D eigenvalue weighted by Gasteiger charge is 2.52. The first-order chi connectivity index (χ1) is 14.3. The topological polar surface area (TPSA) is 84.9 Å². The number of rotatable bonds is 8. The van der Waals surface area contributed by atoms with E-state index in [4.69, 9.17) is 21.1 Å². The van der Waals surface area contributed by atoms with E-state index in [1.807, 2.05) is 12.1 Å². The summed E-state index contributed by atoms with van der Waals surface area (Å²) in [7, 11) is 0. The number of ether oxygens (including phenoxy) is 2. The van der Waals surface area contributed by atoms with Crippen LogP contribution in [0.1, 0.15) is 51.0 Å². The summed E-state index contributed by atoms with van der Waals surface area (Å²) >= 11 is 6.04. The summed E-state index contributed by atoms with van der Waals surface area (Å²) in [5, 5.41) is 13.4. The van der Waals surface area contributed by atoms with Crippen LogP contribution in [0.2, 0.25) is 5.02 Å². The minimum atomic E-state index is -1.30. The van der Waals surface area contributed by atoms with Gasteiger partial charge in [-0.05, 0) is 68.7 Å². The summed E-state index contributed by atoms with van der Waals surface area (Å²) in [6.45, 7) is 5.07. The van der Waals surface area contributed by atoms with E-state index in [2.05, 4.69) is 11.9 Å². The molecule has 1 aromatic carbocycles. The molecule has 1 amide bonds. The lowest BCUT2D eigenvalue weighted by Crippen LogP contribution is -2.60. The molecule has 0 spiro atoms. The zero-order valence-electron chi connectivity index (χ0n) is 17.1. The highest BCUT2D eigenvalue weighted by molar-refractivity contribution is 6.30. The van der Waals surface area contributed by atoms with Gasteiger partial charge < -0.3 is 19.9 Å². The Morgan fingerprint density at radius 3 is 2.33 bits per heavy atom. The van der Waals surface area contributed by atoms with Crippen LogP contribution < -0.4 is 5.32 Å². The molecule has 1 heterocycles. The summed E-state index contributed by atoms with van der Waals surface area (Å²) in [5.41, 5.74) is -0.424. The lowest BCUT2D eigenvalue weighted by molar-refractivity contribution is -0.201. The Hall–Kier alpha value is -2.47. The van der Waals surface area contributed by atoms with Gasteiger partial charge in [-0.2, -0.15) is 0 Å². The van der Waals surface area contributed by atoms with E-state index in [-0.39, 0.29) is 17.7 Å². The molecule has 162 valence electrons. The van der Waals surface area contributed by atoms with Crippen LogP contribution in [-0.4, -0.2) is 22.5 Å². The van der Waals surface area contributed by atoms with Gasteiger partial charge in [0.05, 0.1) is 0 Å². The number of carbonyl (C=O) groups is 2. The molecule has 2 N–H and O–H groups in total. The summed E-state index contributed by atoms with van der Waals surface area (Å²) in [6.07, 6.45) is 8.29. The molecule has 1 aliphatic heterocycles. The minimum Gasteiger partial charge on any atom is -0.479 e. The first kappa shape index (κ1) is 22.2. The van der Waals surface area contributed by atoms with Crippen molar-refractivity contribution in [2.24, 2.45) is 11.8 Å². The quantitative estimate of drug-likeness (QED) is 0.578. The predicted octanol–water partition coefficient (Wildman–Crippen LogP) is 4.74. The van der Waals surface area contributed by atoms with Gasteiger partial charge in [-0.25, -0.2) is 4.79 Å². The first-order valence-electron chi connectivity index (χ1n) is 10.2. The fraction of sp³-hybridized carbons (Fsp3) is 0.478. The number of amides is 1. The number of carbonyl (C=O) groups excluding carboxylic acids is 1. The molecule has 3 rings (SSSR count). The van der Waals surface area contributed by atoms with Crippen LogP contribution >= 0.6 is 11.6 Å². The molecule has 1 aromatic rings. The number of carboxylic acids is 1. The number of benzene rings is 1. The second-order valence-electron chi connectivity index (χ2n) is 8.02. The minimum absolute atomic E-state index is 0.0353. The molecule has 2 aliphatic rings. The molecular formula is C23H28ClNO5. The van der Waals surface area contributed by atoms with Gasteiger partial charge in [-0.1, -0.05) is 17.7 Å². The third-order valence-corrected chi connectivity index (χ3v) is 6.53. The van der Waals surface area contributed by atoms with Gasteiger partial charge in [0.15, 0.2) is 0 Å². The highest BCUT2D eigenvalue weighted by Crippen LogP contribution is 2.49. The molecular weight excluding hydrogens is 406 g/mol. The molecule has 7 heteroatoms. The standard InChI is InChI=1S/C23H28ClNO5/c1-3-4-13-22(21(27)28,25-16(2)26)17-5-7-18(8-6-17)23(29-14-15-30-23)19-9-11-20(24)12-10-19/h3,9-12,14-15,17-18H,1,4-8,13H2,2H3,(H,25,26)(H,27,28). The number of halogens is 1. The van der Waals surface area contributed by atoms with Crippen molar-refractivity contribution in [1.29, 1.82) is 0 Å². The van der Waals surface area contributed by atoms with Gasteiger partial charge in [0.25, 0.3) is 5.79 Å². The molecule has 1 atom stereocenters. The smallest absolute Gasteiger partial charge is 0.329 e. The van der Waals surface area contributed by atoms with Crippen LogP contribution in [0.4, 0.5) is 0 Å². The molecule has 6 nitrogen and oxygen atoms in total. The lowest BCUT2D eigenvalue weighted by Gasteiger charge is -2.44. The van der Waals surface area contributed by atoms with Crippen LogP contribution in [-0.2, 0) is 24.8 Å². The summed E-state index contributed by atoms with van der Waals surface area (Å²) in [5.74, 6) is -2.42. The maximum absolute atomic E-state index is 12.3. The number of allylic oxidation sites excluding steroid dienone is 1. The van der Waals surface area contributed by atoms with Crippen LogP contribution in [0.25, 0.3) is 0 Å². The number of aliphatic carboxylic acids is 1. The van der Waals surface area contributed by atoms with Crippen molar-refractivity contribution in [2.45, 2.75) is 56.8 Å². The third-order valence-electron chi connectivity index (χ3n) is 6.27. The highest BCUT2D eigenvalue weighted by atomic mass is 35.5. The maximum Gasteiger partial charge on any atom is 0.329 e. The average Bonchev–Trinajstić information content (AvgIpc) is 3.22. The van der Waals surface area contributed by atoms with Crippen molar-refractivity contribution >= 4 is 23.5 Å². The summed E-state index contributed by atoms with van der Waals surface area (Å²) in [4.78, 5) is 24.1. The zero-order valence-corrected chi connectivity index (χ0v) is 17.9. The second kappa shape index (κ2) is 9.13. The monoisotopic (exact) mass is 433 g/mol. The van der Waals surface area contributed by atoms with Crippen molar-refractivity contribution in [1.82, 2.24) is 5.32 Å². The molecule has 0 saturated heterocycles. The SMILES string of the molecule is C=CCCC(NC(C)=O)(C(=O)O)C1CCC(C2(c3ccc(Cl)cc3)OC=CO2)CC1. The van der Waals surface area contributed by atoms with E-state index < -0.39 is 17.3 Å². The number of nitrogens with one attached hydrogen (secondary N) is 1. The van der Waals surface area contributed by atoms with Crippen molar-refractivity contribution < 1.29 is 24.2 Å². The van der Waals surface area contributed by atoms with Crippen LogP contribution in [0.15, 0.2) is 49.4 Å². The fourth-order valence-electron chi connectivity index (χ4n) is 4.85. The summed E-state index contributed by atoms with van der Waals surface area (Å²) < 4.78 is 11.9. The molecule has 1 unspecified atom stereocenters. The van der Waals surface area contributed by atoms with Crippen LogP contribution in [0.3, 0.4) is 0 Å². The third kappa shape index (κ3) is 4.19. The second-order valence-corrected chi connectivity index (χ2v) is 8.45. The average molecular weight is 434 g/mol. The van der Waals surface area contributed by atoms with Crippen molar-refractivity contribution in [3.63, 3.8) is 0 Å². The molecule has 1 fully saturated rings. The Morgan fingerprint density at radius 1 is 1.23 bits per heavy atom. The van der Waals surface area contributed by atoms with Gasteiger partial charge in [-0.15, -0.1) is 6.58 Å². The van der Waals surface area contributed by atoms with Gasteiger partial charge in [0, 0.05) is 23.4 Å². The van der Waals surface area contributed by atoms with E-state index in [9.17, 15) is 14.7 Å². The molecule has 0 bridgehead atoms. The lowest BCUT2D eigenvalue weighted by atomic mass is 9.67. The van der Waals surface area contributed by atoms with Crippen molar-refractivity contribution in [3.8, 4) is 0 Å². The Morgan fingerprint density at radius 2 is 1.83 bits per heavy atom. The Balaban J connectivity index is 1.81. The van der Waals surface area contributed by atoms with E-state index in [1.54, 1.807) is 30.7 Å². The van der Waals surface area contributed by atoms with Gasteiger partial charge in [0.2, 0.25) is 5.91 Å². The van der Waals surface area contributed by atoms with E-state index in [0.29, 0.717) is 43.5 Å². The maximum atomic E-state index is 12.3. The number of carboxylic acid groups (broad SMARTS) is 1. The molecule has 1 saturated carbocycles. The van der Waals surface area contributed by atoms with E-state index in [0.717, 1.165) is 5.56 Å². The van der Waals surface area contributed by atoms with Crippen molar-refractivity contribution in [2.75, 3.05) is 0 Å². The first-order valence-corrected chi connectivity index (χ1v) is 10.6. The van der Waals surface area contributed by atoms with Crippen molar-refractivity contribution in [3.05, 3.63) is 60.0 Å².